The van der Waals surface area contributed by atoms with Gasteiger partial charge in [-0.2, -0.15) is 13.2 Å². The second-order valence-corrected chi connectivity index (χ2v) is 5.24. The van der Waals surface area contributed by atoms with Crippen LogP contribution in [0, 0.1) is 6.92 Å². The largest absolute Gasteiger partial charge is 0.416 e. The van der Waals surface area contributed by atoms with E-state index in [4.69, 9.17) is 0 Å². The van der Waals surface area contributed by atoms with Crippen molar-refractivity contribution < 1.29 is 13.2 Å². The second-order valence-electron chi connectivity index (χ2n) is 5.24. The van der Waals surface area contributed by atoms with Crippen molar-refractivity contribution in [1.82, 2.24) is 15.6 Å². The Labute approximate surface area is 162 Å². The Kier molecular flexibility index (Phi) is 8.14. The van der Waals surface area contributed by atoms with Crippen LogP contribution in [-0.4, -0.2) is 18.0 Å². The molecule has 0 atom stereocenters. The minimum Gasteiger partial charge on any atom is -0.352 e. The number of nitrogens with one attached hydrogen (secondary N) is 2. The lowest BCUT2D eigenvalue weighted by Gasteiger charge is -2.13. The fourth-order valence-electron chi connectivity index (χ4n) is 2.13. The molecular weight excluding hydrogens is 444 g/mol. The molecule has 8 heteroatoms. The molecule has 0 radical (unpaired) electrons. The highest BCUT2D eigenvalue weighted by Crippen LogP contribution is 2.29. The van der Waals surface area contributed by atoms with Crippen molar-refractivity contribution in [2.45, 2.75) is 26.2 Å². The van der Waals surface area contributed by atoms with Gasteiger partial charge in [-0.15, -0.1) is 24.0 Å². The summed E-state index contributed by atoms with van der Waals surface area (Å²) in [6, 6.07) is 9.04. The average molecular weight is 464 g/mol. The van der Waals surface area contributed by atoms with Crippen molar-refractivity contribution in [3.05, 3.63) is 65.0 Å². The number of alkyl halides is 3. The number of hydrogen-bond donors (Lipinski definition) is 2. The molecule has 2 rings (SSSR count). The fourth-order valence-corrected chi connectivity index (χ4v) is 2.13. The number of aromatic nitrogens is 1. The van der Waals surface area contributed by atoms with Crippen molar-refractivity contribution in [3.63, 3.8) is 0 Å². The highest BCUT2D eigenvalue weighted by atomic mass is 127. The van der Waals surface area contributed by atoms with Gasteiger partial charge in [-0.3, -0.25) is 9.98 Å². The minimum atomic E-state index is -4.34. The summed E-state index contributed by atoms with van der Waals surface area (Å²) >= 11 is 0. The second kappa shape index (κ2) is 9.59. The van der Waals surface area contributed by atoms with Crippen LogP contribution >= 0.6 is 24.0 Å². The number of hydrogen-bond acceptors (Lipinski definition) is 2. The molecule has 0 aliphatic heterocycles. The van der Waals surface area contributed by atoms with Crippen molar-refractivity contribution in [3.8, 4) is 0 Å². The summed E-state index contributed by atoms with van der Waals surface area (Å²) in [6.45, 7) is 2.68. The molecule has 0 spiro atoms. The maximum atomic E-state index is 12.7. The van der Waals surface area contributed by atoms with E-state index in [0.29, 0.717) is 18.1 Å². The molecule has 25 heavy (non-hydrogen) atoms. The van der Waals surface area contributed by atoms with Crippen molar-refractivity contribution in [2.75, 3.05) is 7.05 Å². The summed E-state index contributed by atoms with van der Waals surface area (Å²) in [5.41, 5.74) is 1.81. The number of pyridine rings is 1. The van der Waals surface area contributed by atoms with E-state index in [1.165, 1.54) is 6.07 Å². The zero-order chi connectivity index (χ0) is 17.6. The quantitative estimate of drug-likeness (QED) is 0.410. The molecule has 1 heterocycles. The van der Waals surface area contributed by atoms with Gasteiger partial charge in [0.15, 0.2) is 5.96 Å². The Hall–Kier alpha value is -1.84. The molecule has 0 aliphatic rings. The molecule has 2 aromatic rings. The molecule has 136 valence electrons. The van der Waals surface area contributed by atoms with Crippen molar-refractivity contribution in [2.24, 2.45) is 4.99 Å². The van der Waals surface area contributed by atoms with Gasteiger partial charge in [0.25, 0.3) is 0 Å². The van der Waals surface area contributed by atoms with Crippen molar-refractivity contribution in [1.29, 1.82) is 0 Å². The number of guanidine groups is 1. The number of halogens is 4. The first kappa shape index (κ1) is 21.2. The summed E-state index contributed by atoms with van der Waals surface area (Å²) in [4.78, 5) is 8.33. The first-order valence-electron chi connectivity index (χ1n) is 7.41. The van der Waals surface area contributed by atoms with E-state index in [1.54, 1.807) is 19.3 Å². The Balaban J connectivity index is 0.00000312. The Morgan fingerprint density at radius 1 is 1.12 bits per heavy atom. The first-order chi connectivity index (χ1) is 11.4. The van der Waals surface area contributed by atoms with Gasteiger partial charge >= 0.3 is 6.18 Å². The molecule has 1 aromatic heterocycles. The van der Waals surface area contributed by atoms with E-state index in [1.807, 2.05) is 19.1 Å². The van der Waals surface area contributed by atoms with E-state index in [0.717, 1.165) is 23.4 Å². The normalized spacial score (nSPS) is 11.6. The molecule has 2 N–H and O–H groups in total. The van der Waals surface area contributed by atoms with Gasteiger partial charge in [0.2, 0.25) is 0 Å². The molecule has 0 fully saturated rings. The van der Waals surface area contributed by atoms with Crippen LogP contribution in [0.1, 0.15) is 22.4 Å². The average Bonchev–Trinajstić information content (AvgIpc) is 2.56. The molecule has 0 unspecified atom stereocenters. The summed E-state index contributed by atoms with van der Waals surface area (Å²) in [6.07, 6.45) is -2.63. The van der Waals surface area contributed by atoms with Crippen LogP contribution < -0.4 is 10.6 Å². The van der Waals surface area contributed by atoms with Crippen LogP contribution in [-0.2, 0) is 19.3 Å². The predicted molar refractivity (Wildman–Crippen MR) is 103 cm³/mol. The van der Waals surface area contributed by atoms with Crippen LogP contribution in [0.15, 0.2) is 47.6 Å². The number of aliphatic imine (C=N–C) groups is 1. The van der Waals surface area contributed by atoms with Crippen LogP contribution in [0.2, 0.25) is 0 Å². The molecular formula is C17H20F3IN4. The monoisotopic (exact) mass is 464 g/mol. The highest BCUT2D eigenvalue weighted by molar-refractivity contribution is 14.0. The van der Waals surface area contributed by atoms with Gasteiger partial charge in [-0.05, 0) is 36.2 Å². The third-order valence-electron chi connectivity index (χ3n) is 3.48. The molecule has 0 bridgehead atoms. The summed E-state index contributed by atoms with van der Waals surface area (Å²) in [5, 5.41) is 6.09. The van der Waals surface area contributed by atoms with Crippen LogP contribution in [0.3, 0.4) is 0 Å². The molecule has 0 aliphatic carbocycles. The predicted octanol–water partition coefficient (Wildman–Crippen LogP) is 3.89. The Morgan fingerprint density at radius 2 is 1.84 bits per heavy atom. The minimum absolute atomic E-state index is 0. The molecule has 1 aromatic carbocycles. The zero-order valence-electron chi connectivity index (χ0n) is 13.9. The first-order valence-corrected chi connectivity index (χ1v) is 7.41. The number of rotatable bonds is 4. The molecule has 0 amide bonds. The van der Waals surface area contributed by atoms with Gasteiger partial charge in [0.05, 0.1) is 17.8 Å². The summed E-state index contributed by atoms with van der Waals surface area (Å²) < 4.78 is 38.1. The third-order valence-corrected chi connectivity index (χ3v) is 3.48. The highest BCUT2D eigenvalue weighted by Gasteiger charge is 2.30. The summed E-state index contributed by atoms with van der Waals surface area (Å²) in [7, 11) is 1.60. The lowest BCUT2D eigenvalue weighted by atomic mass is 10.1. The molecule has 0 saturated heterocycles. The number of nitrogens with zero attached hydrogens (tertiary/aromatic N) is 2. The fraction of sp³-hybridized carbons (Fsp3) is 0.294. The smallest absolute Gasteiger partial charge is 0.352 e. The lowest BCUT2D eigenvalue weighted by Crippen LogP contribution is -2.36. The number of aryl methyl sites for hydroxylation is 1. The maximum absolute atomic E-state index is 12.7. The van der Waals surface area contributed by atoms with E-state index in [9.17, 15) is 13.2 Å². The standard InChI is InChI=1S/C17H19F3N4.HI/c1-12-5-4-8-22-15(12)11-24-16(21-2)23-10-13-6-3-7-14(9-13)17(18,19)20;/h3-9H,10-11H2,1-2H3,(H2,21,23,24);1H. The molecule has 0 saturated carbocycles. The van der Waals surface area contributed by atoms with E-state index >= 15 is 0 Å². The van der Waals surface area contributed by atoms with Crippen LogP contribution in [0.25, 0.3) is 0 Å². The number of benzene rings is 1. The Bertz CT molecular complexity index is 717. The Morgan fingerprint density at radius 3 is 2.48 bits per heavy atom. The van der Waals surface area contributed by atoms with Gasteiger partial charge in [0.1, 0.15) is 0 Å². The molecule has 4 nitrogen and oxygen atoms in total. The zero-order valence-corrected chi connectivity index (χ0v) is 16.2. The van der Waals surface area contributed by atoms with Gasteiger partial charge in [0, 0.05) is 19.8 Å². The van der Waals surface area contributed by atoms with E-state index < -0.39 is 11.7 Å². The van der Waals surface area contributed by atoms with Crippen LogP contribution in [0.4, 0.5) is 13.2 Å². The topological polar surface area (TPSA) is 49.3 Å². The lowest BCUT2D eigenvalue weighted by molar-refractivity contribution is -0.137. The van der Waals surface area contributed by atoms with E-state index in [2.05, 4.69) is 20.6 Å². The SMILES string of the molecule is CN=C(NCc1cccc(C(F)(F)F)c1)NCc1ncccc1C.I. The summed E-state index contributed by atoms with van der Waals surface area (Å²) in [5.74, 6) is 0.498. The van der Waals surface area contributed by atoms with Gasteiger partial charge in [-0.1, -0.05) is 18.2 Å². The van der Waals surface area contributed by atoms with Gasteiger partial charge < -0.3 is 10.6 Å². The third kappa shape index (κ3) is 6.52. The van der Waals surface area contributed by atoms with Crippen molar-refractivity contribution >= 4 is 29.9 Å². The maximum Gasteiger partial charge on any atom is 0.416 e. The van der Waals surface area contributed by atoms with E-state index in [-0.39, 0.29) is 30.5 Å². The van der Waals surface area contributed by atoms with Crippen LogP contribution in [0.5, 0.6) is 0 Å². The van der Waals surface area contributed by atoms with Gasteiger partial charge in [-0.25, -0.2) is 0 Å².